The molecule has 0 atom stereocenters. The highest BCUT2D eigenvalue weighted by atomic mass is 16.2. The maximum atomic E-state index is 12.7. The van der Waals surface area contributed by atoms with Crippen molar-refractivity contribution in [2.24, 2.45) is 0 Å². The number of piperidine rings is 1. The number of carbonyl (C=O) groups excluding carboxylic acids is 2. The van der Waals surface area contributed by atoms with E-state index in [1.165, 1.54) is 5.56 Å². The van der Waals surface area contributed by atoms with Crippen molar-refractivity contribution in [1.82, 2.24) is 20.1 Å². The van der Waals surface area contributed by atoms with Crippen molar-refractivity contribution >= 4 is 17.8 Å². The molecule has 0 saturated carbocycles. The normalized spacial score (nSPS) is 17.5. The van der Waals surface area contributed by atoms with E-state index in [1.54, 1.807) is 0 Å². The Morgan fingerprint density at radius 1 is 0.935 bits per heavy atom. The zero-order chi connectivity index (χ0) is 21.6. The van der Waals surface area contributed by atoms with Crippen molar-refractivity contribution in [3.05, 3.63) is 59.8 Å². The molecule has 4 rings (SSSR count). The van der Waals surface area contributed by atoms with E-state index < -0.39 is 0 Å². The molecule has 0 unspecified atom stereocenters. The second-order valence-corrected chi connectivity index (χ2v) is 8.43. The SMILES string of the molecule is Cc1ccc(CC(=O)N2CCN(C(=O)NC3CCN(c4ccccn4)CC3)CC2)cc1. The van der Waals surface area contributed by atoms with Gasteiger partial charge in [0.1, 0.15) is 5.82 Å². The van der Waals surface area contributed by atoms with Gasteiger partial charge in [0.2, 0.25) is 5.91 Å². The van der Waals surface area contributed by atoms with Gasteiger partial charge in [0.05, 0.1) is 6.42 Å². The Hall–Kier alpha value is -3.09. The molecular formula is C24H31N5O2. The first-order valence-corrected chi connectivity index (χ1v) is 11.1. The summed E-state index contributed by atoms with van der Waals surface area (Å²) in [6, 6.07) is 14.2. The van der Waals surface area contributed by atoms with Crippen molar-refractivity contribution < 1.29 is 9.59 Å². The number of urea groups is 1. The summed E-state index contributed by atoms with van der Waals surface area (Å²) < 4.78 is 0. The third-order valence-corrected chi connectivity index (χ3v) is 6.19. The number of aryl methyl sites for hydroxylation is 1. The largest absolute Gasteiger partial charge is 0.356 e. The second-order valence-electron chi connectivity index (χ2n) is 8.43. The topological polar surface area (TPSA) is 68.8 Å². The van der Waals surface area contributed by atoms with E-state index in [4.69, 9.17) is 0 Å². The molecule has 0 spiro atoms. The maximum absolute atomic E-state index is 12.7. The van der Waals surface area contributed by atoms with Gasteiger partial charge in [0.15, 0.2) is 0 Å². The summed E-state index contributed by atoms with van der Waals surface area (Å²) in [5.41, 5.74) is 2.23. The average molecular weight is 422 g/mol. The van der Waals surface area contributed by atoms with Gasteiger partial charge in [-0.1, -0.05) is 35.9 Å². The Labute approximate surface area is 184 Å². The summed E-state index contributed by atoms with van der Waals surface area (Å²) in [5, 5.41) is 3.19. The molecule has 1 aromatic carbocycles. The van der Waals surface area contributed by atoms with Gasteiger partial charge >= 0.3 is 6.03 Å². The van der Waals surface area contributed by atoms with Gasteiger partial charge in [0.25, 0.3) is 0 Å². The van der Waals surface area contributed by atoms with E-state index in [0.29, 0.717) is 32.6 Å². The predicted molar refractivity (Wildman–Crippen MR) is 121 cm³/mol. The van der Waals surface area contributed by atoms with Crippen LogP contribution in [0.5, 0.6) is 0 Å². The van der Waals surface area contributed by atoms with E-state index in [-0.39, 0.29) is 18.0 Å². The lowest BCUT2D eigenvalue weighted by Crippen LogP contribution is -2.55. The Balaban J connectivity index is 1.19. The lowest BCUT2D eigenvalue weighted by molar-refractivity contribution is -0.131. The number of hydrogen-bond acceptors (Lipinski definition) is 4. The summed E-state index contributed by atoms with van der Waals surface area (Å²) >= 11 is 0. The summed E-state index contributed by atoms with van der Waals surface area (Å²) in [4.78, 5) is 35.7. The number of piperazine rings is 1. The van der Waals surface area contributed by atoms with E-state index in [1.807, 2.05) is 65.4 Å². The van der Waals surface area contributed by atoms with Crippen molar-refractivity contribution in [1.29, 1.82) is 0 Å². The number of benzene rings is 1. The molecule has 0 bridgehead atoms. The standard InChI is InChI=1S/C24H31N5O2/c1-19-5-7-20(8-6-19)18-23(30)28-14-16-29(17-15-28)24(31)26-21-9-12-27(13-10-21)22-4-2-3-11-25-22/h2-8,11,21H,9-10,12-18H2,1H3,(H,26,31). The van der Waals surface area contributed by atoms with Crippen LogP contribution < -0.4 is 10.2 Å². The molecule has 0 radical (unpaired) electrons. The van der Waals surface area contributed by atoms with Crippen LogP contribution in [-0.4, -0.2) is 72.0 Å². The highest BCUT2D eigenvalue weighted by molar-refractivity contribution is 5.79. The zero-order valence-electron chi connectivity index (χ0n) is 18.2. The van der Waals surface area contributed by atoms with Crippen molar-refractivity contribution in [3.8, 4) is 0 Å². The molecule has 1 N–H and O–H groups in total. The minimum absolute atomic E-state index is 0.0121. The van der Waals surface area contributed by atoms with Crippen LogP contribution in [0.25, 0.3) is 0 Å². The van der Waals surface area contributed by atoms with Crippen LogP contribution in [0.4, 0.5) is 10.6 Å². The second kappa shape index (κ2) is 9.81. The fraction of sp³-hybridized carbons (Fsp3) is 0.458. The quantitative estimate of drug-likeness (QED) is 0.824. The first-order chi connectivity index (χ1) is 15.1. The Kier molecular flexibility index (Phi) is 6.70. The molecule has 2 aromatic rings. The fourth-order valence-electron chi connectivity index (χ4n) is 4.21. The van der Waals surface area contributed by atoms with Crippen molar-refractivity contribution in [3.63, 3.8) is 0 Å². The number of nitrogens with zero attached hydrogens (tertiary/aromatic N) is 4. The number of nitrogens with one attached hydrogen (secondary N) is 1. The number of hydrogen-bond donors (Lipinski definition) is 1. The molecule has 164 valence electrons. The molecule has 31 heavy (non-hydrogen) atoms. The number of aromatic nitrogens is 1. The number of rotatable bonds is 4. The molecule has 1 aromatic heterocycles. The molecule has 7 heteroatoms. The Morgan fingerprint density at radius 2 is 1.61 bits per heavy atom. The molecule has 3 amide bonds. The number of amides is 3. The third kappa shape index (κ3) is 5.54. The molecule has 2 fully saturated rings. The van der Waals surface area contributed by atoms with E-state index in [0.717, 1.165) is 37.3 Å². The Morgan fingerprint density at radius 3 is 2.26 bits per heavy atom. The van der Waals surface area contributed by atoms with Gasteiger partial charge in [-0.05, 0) is 37.5 Å². The monoisotopic (exact) mass is 421 g/mol. The minimum Gasteiger partial charge on any atom is -0.356 e. The highest BCUT2D eigenvalue weighted by Gasteiger charge is 2.27. The number of anilines is 1. The molecule has 7 nitrogen and oxygen atoms in total. The van der Waals surface area contributed by atoms with Gasteiger partial charge in [-0.2, -0.15) is 0 Å². The third-order valence-electron chi connectivity index (χ3n) is 6.19. The molecular weight excluding hydrogens is 390 g/mol. The van der Waals surface area contributed by atoms with Crippen LogP contribution in [0.1, 0.15) is 24.0 Å². The smallest absolute Gasteiger partial charge is 0.317 e. The van der Waals surface area contributed by atoms with Crippen molar-refractivity contribution in [2.75, 3.05) is 44.2 Å². The van der Waals surface area contributed by atoms with E-state index >= 15 is 0 Å². The first kappa shape index (κ1) is 21.2. The molecule has 2 saturated heterocycles. The van der Waals surface area contributed by atoms with Crippen LogP contribution in [0.2, 0.25) is 0 Å². The van der Waals surface area contributed by atoms with Gasteiger partial charge in [-0.3, -0.25) is 4.79 Å². The predicted octanol–water partition coefficient (Wildman–Crippen LogP) is 2.46. The summed E-state index contributed by atoms with van der Waals surface area (Å²) in [6.07, 6.45) is 4.06. The number of pyridine rings is 1. The average Bonchev–Trinajstić information content (AvgIpc) is 2.82. The minimum atomic E-state index is -0.0121. The van der Waals surface area contributed by atoms with Crippen LogP contribution in [0, 0.1) is 6.92 Å². The fourth-order valence-corrected chi connectivity index (χ4v) is 4.21. The number of carbonyl (C=O) groups is 2. The van der Waals surface area contributed by atoms with E-state index in [2.05, 4.69) is 15.2 Å². The molecule has 3 heterocycles. The molecule has 2 aliphatic rings. The van der Waals surface area contributed by atoms with Gasteiger partial charge in [0, 0.05) is 51.5 Å². The van der Waals surface area contributed by atoms with E-state index in [9.17, 15) is 9.59 Å². The Bertz CT molecular complexity index is 871. The van der Waals surface area contributed by atoms with Crippen molar-refractivity contribution in [2.45, 2.75) is 32.2 Å². The molecule has 0 aliphatic carbocycles. The highest BCUT2D eigenvalue weighted by Crippen LogP contribution is 2.17. The van der Waals surface area contributed by atoms with Gasteiger partial charge in [-0.25, -0.2) is 9.78 Å². The van der Waals surface area contributed by atoms with Crippen LogP contribution in [0.3, 0.4) is 0 Å². The maximum Gasteiger partial charge on any atom is 0.317 e. The lowest BCUT2D eigenvalue weighted by Gasteiger charge is -2.37. The van der Waals surface area contributed by atoms with Gasteiger partial charge < -0.3 is 20.0 Å². The first-order valence-electron chi connectivity index (χ1n) is 11.1. The summed E-state index contributed by atoms with van der Waals surface area (Å²) in [5.74, 6) is 1.13. The molecule has 2 aliphatic heterocycles. The summed E-state index contributed by atoms with van der Waals surface area (Å²) in [6.45, 7) is 6.18. The summed E-state index contributed by atoms with van der Waals surface area (Å²) in [7, 11) is 0. The zero-order valence-corrected chi connectivity index (χ0v) is 18.2. The van der Waals surface area contributed by atoms with Crippen LogP contribution in [0.15, 0.2) is 48.7 Å². The lowest BCUT2D eigenvalue weighted by atomic mass is 10.1. The van der Waals surface area contributed by atoms with Crippen LogP contribution >= 0.6 is 0 Å². The van der Waals surface area contributed by atoms with Gasteiger partial charge in [-0.15, -0.1) is 0 Å². The van der Waals surface area contributed by atoms with Crippen LogP contribution in [-0.2, 0) is 11.2 Å².